The van der Waals surface area contributed by atoms with Crippen molar-refractivity contribution < 1.29 is 26.7 Å². The standard InChI is InChI=1S/C29H31F2N7O4S/c1-18-15-19(3-4-21(18)29(39)36-11-13-37(14-12-36)43(40,41)20-7-8-32-16-20)35-27-28-34-17-23(38(28)10-9-33-27)22-5-6-24(42-2)26(31)25(22)30/h3-6,9-10,15,17,20,32H,7-8,11-14,16H2,1-2H3,(H,33,35)/t20-/m1/s1. The molecule has 14 heteroatoms. The topological polar surface area (TPSA) is 121 Å². The second-order valence-corrected chi connectivity index (χ2v) is 12.8. The summed E-state index contributed by atoms with van der Waals surface area (Å²) in [5.74, 6) is -2.09. The predicted molar refractivity (Wildman–Crippen MR) is 157 cm³/mol. The Morgan fingerprint density at radius 1 is 1.09 bits per heavy atom. The van der Waals surface area contributed by atoms with E-state index in [-0.39, 0.29) is 30.3 Å². The number of anilines is 2. The lowest BCUT2D eigenvalue weighted by molar-refractivity contribution is 0.0696. The molecule has 6 rings (SSSR count). The Balaban J connectivity index is 1.17. The van der Waals surface area contributed by atoms with Crippen LogP contribution < -0.4 is 15.4 Å². The summed E-state index contributed by atoms with van der Waals surface area (Å²) in [5, 5.41) is 5.90. The Bertz CT molecular complexity index is 1800. The lowest BCUT2D eigenvalue weighted by Crippen LogP contribution is -2.52. The number of ether oxygens (including phenoxy) is 1. The molecular formula is C29H31F2N7O4S. The Morgan fingerprint density at radius 2 is 1.88 bits per heavy atom. The number of methoxy groups -OCH3 is 1. The summed E-state index contributed by atoms with van der Waals surface area (Å²) in [6.07, 6.45) is 5.17. The Morgan fingerprint density at radius 3 is 2.58 bits per heavy atom. The molecule has 4 aromatic rings. The molecule has 0 bridgehead atoms. The summed E-state index contributed by atoms with van der Waals surface area (Å²) < 4.78 is 63.0. The van der Waals surface area contributed by atoms with E-state index >= 15 is 0 Å². The summed E-state index contributed by atoms with van der Waals surface area (Å²) in [5.41, 5.74) is 2.66. The van der Waals surface area contributed by atoms with Gasteiger partial charge in [0.05, 0.1) is 24.3 Å². The van der Waals surface area contributed by atoms with Gasteiger partial charge in [-0.3, -0.25) is 9.20 Å². The van der Waals surface area contributed by atoms with Crippen molar-refractivity contribution >= 4 is 33.1 Å². The van der Waals surface area contributed by atoms with Crippen molar-refractivity contribution in [2.75, 3.05) is 51.7 Å². The van der Waals surface area contributed by atoms with Crippen LogP contribution in [0.3, 0.4) is 0 Å². The number of benzene rings is 2. The maximum absolute atomic E-state index is 14.8. The van der Waals surface area contributed by atoms with Crippen molar-refractivity contribution in [1.29, 1.82) is 0 Å². The molecule has 2 N–H and O–H groups in total. The third-order valence-corrected chi connectivity index (χ3v) is 10.3. The second kappa shape index (κ2) is 11.5. The first kappa shape index (κ1) is 29.0. The first-order chi connectivity index (χ1) is 20.7. The van der Waals surface area contributed by atoms with Crippen LogP contribution in [0.25, 0.3) is 16.9 Å². The number of hydrogen-bond donors (Lipinski definition) is 2. The third kappa shape index (κ3) is 5.30. The number of sulfonamides is 1. The average Bonchev–Trinajstić information content (AvgIpc) is 3.71. The van der Waals surface area contributed by atoms with E-state index in [0.717, 1.165) is 5.56 Å². The zero-order valence-corrected chi connectivity index (χ0v) is 24.5. The molecule has 0 aliphatic carbocycles. The van der Waals surface area contributed by atoms with Crippen molar-refractivity contribution in [3.8, 4) is 17.0 Å². The van der Waals surface area contributed by atoms with Crippen molar-refractivity contribution in [2.24, 2.45) is 0 Å². The third-order valence-electron chi connectivity index (χ3n) is 8.01. The number of nitrogens with zero attached hydrogens (tertiary/aromatic N) is 5. The van der Waals surface area contributed by atoms with E-state index in [1.807, 2.05) is 13.0 Å². The highest BCUT2D eigenvalue weighted by molar-refractivity contribution is 7.89. The number of amides is 1. The summed E-state index contributed by atoms with van der Waals surface area (Å²) >= 11 is 0. The van der Waals surface area contributed by atoms with Gasteiger partial charge >= 0.3 is 0 Å². The number of fused-ring (bicyclic) bond motifs is 1. The van der Waals surface area contributed by atoms with Gasteiger partial charge in [0.2, 0.25) is 15.8 Å². The summed E-state index contributed by atoms with van der Waals surface area (Å²) in [6.45, 7) is 4.19. The Labute approximate surface area is 247 Å². The van der Waals surface area contributed by atoms with Crippen LogP contribution in [-0.2, 0) is 10.0 Å². The van der Waals surface area contributed by atoms with Crippen LogP contribution in [0.5, 0.6) is 5.75 Å². The van der Waals surface area contributed by atoms with Gasteiger partial charge < -0.3 is 20.3 Å². The summed E-state index contributed by atoms with van der Waals surface area (Å²) in [6, 6.07) is 8.07. The lowest BCUT2D eigenvalue weighted by Gasteiger charge is -2.35. The molecule has 2 aliphatic rings. The van der Waals surface area contributed by atoms with Gasteiger partial charge in [-0.05, 0) is 55.8 Å². The normalized spacial score (nSPS) is 17.9. The minimum atomic E-state index is -3.38. The smallest absolute Gasteiger partial charge is 0.254 e. The van der Waals surface area contributed by atoms with Gasteiger partial charge in [0, 0.05) is 61.9 Å². The quantitative estimate of drug-likeness (QED) is 0.327. The van der Waals surface area contributed by atoms with Gasteiger partial charge in [0.15, 0.2) is 23.0 Å². The minimum Gasteiger partial charge on any atom is -0.494 e. The number of imidazole rings is 1. The van der Waals surface area contributed by atoms with Crippen LogP contribution in [0.2, 0.25) is 0 Å². The number of aromatic nitrogens is 3. The molecule has 11 nitrogen and oxygen atoms in total. The molecule has 226 valence electrons. The number of carbonyl (C=O) groups excluding carboxylic acids is 1. The van der Waals surface area contributed by atoms with E-state index in [4.69, 9.17) is 4.74 Å². The fourth-order valence-corrected chi connectivity index (χ4v) is 7.46. The minimum absolute atomic E-state index is 0.0237. The fourth-order valence-electron chi connectivity index (χ4n) is 5.62. The van der Waals surface area contributed by atoms with Gasteiger partial charge in [-0.2, -0.15) is 8.70 Å². The maximum Gasteiger partial charge on any atom is 0.254 e. The van der Waals surface area contributed by atoms with Crippen LogP contribution in [-0.4, -0.2) is 89.5 Å². The lowest BCUT2D eigenvalue weighted by atomic mass is 10.1. The molecule has 0 unspecified atom stereocenters. The molecule has 0 saturated carbocycles. The van der Waals surface area contributed by atoms with Crippen LogP contribution in [0.15, 0.2) is 48.9 Å². The van der Waals surface area contributed by atoms with E-state index in [0.29, 0.717) is 61.0 Å². The highest BCUT2D eigenvalue weighted by Gasteiger charge is 2.36. The zero-order chi connectivity index (χ0) is 30.3. The first-order valence-corrected chi connectivity index (χ1v) is 15.4. The number of hydrogen-bond acceptors (Lipinski definition) is 8. The zero-order valence-electron chi connectivity index (χ0n) is 23.7. The predicted octanol–water partition coefficient (Wildman–Crippen LogP) is 3.18. The van der Waals surface area contributed by atoms with E-state index in [2.05, 4.69) is 20.6 Å². The number of aryl methyl sites for hydroxylation is 1. The molecule has 4 heterocycles. The number of rotatable bonds is 7. The highest BCUT2D eigenvalue weighted by Crippen LogP contribution is 2.32. The van der Waals surface area contributed by atoms with E-state index < -0.39 is 26.9 Å². The molecule has 1 atom stereocenters. The molecular weight excluding hydrogens is 580 g/mol. The van der Waals surface area contributed by atoms with Gasteiger partial charge in [-0.1, -0.05) is 0 Å². The molecule has 43 heavy (non-hydrogen) atoms. The van der Waals surface area contributed by atoms with Gasteiger partial charge in [-0.25, -0.2) is 22.8 Å². The average molecular weight is 612 g/mol. The monoisotopic (exact) mass is 611 g/mol. The van der Waals surface area contributed by atoms with Crippen LogP contribution in [0, 0.1) is 18.6 Å². The van der Waals surface area contributed by atoms with E-state index in [1.54, 1.807) is 27.6 Å². The molecule has 2 fully saturated rings. The van der Waals surface area contributed by atoms with Gasteiger partial charge in [0.1, 0.15) is 0 Å². The molecule has 0 radical (unpaired) electrons. The fraction of sp³-hybridized carbons (Fsp3) is 0.345. The van der Waals surface area contributed by atoms with Crippen molar-refractivity contribution in [2.45, 2.75) is 18.6 Å². The summed E-state index contributed by atoms with van der Waals surface area (Å²) in [7, 11) is -2.12. The van der Waals surface area contributed by atoms with Crippen molar-refractivity contribution in [1.82, 2.24) is 28.9 Å². The highest BCUT2D eigenvalue weighted by atomic mass is 32.2. The number of nitrogens with one attached hydrogen (secondary N) is 2. The largest absolute Gasteiger partial charge is 0.494 e. The molecule has 1 amide bonds. The number of halogens is 2. The molecule has 0 spiro atoms. The SMILES string of the molecule is COc1ccc(-c2cnc3c(Nc4ccc(C(=O)N5CCN(S(=O)(=O)[C@@H]6CCNC6)CC5)c(C)c4)nccn23)c(F)c1F. The molecule has 2 aromatic heterocycles. The van der Waals surface area contributed by atoms with Crippen LogP contribution in [0.4, 0.5) is 20.3 Å². The van der Waals surface area contributed by atoms with E-state index in [9.17, 15) is 22.0 Å². The maximum atomic E-state index is 14.8. The number of piperazine rings is 1. The Kier molecular flexibility index (Phi) is 7.75. The van der Waals surface area contributed by atoms with Crippen molar-refractivity contribution in [3.05, 3.63) is 71.7 Å². The van der Waals surface area contributed by atoms with Gasteiger partial charge in [-0.15, -0.1) is 0 Å². The molecule has 2 saturated heterocycles. The van der Waals surface area contributed by atoms with Crippen LogP contribution >= 0.6 is 0 Å². The molecule has 2 aromatic carbocycles. The number of carbonyl (C=O) groups is 1. The van der Waals surface area contributed by atoms with Crippen LogP contribution in [0.1, 0.15) is 22.3 Å². The first-order valence-electron chi connectivity index (χ1n) is 13.9. The second-order valence-electron chi connectivity index (χ2n) is 10.6. The molecule has 2 aliphatic heterocycles. The Hall–Kier alpha value is -4.14. The van der Waals surface area contributed by atoms with Crippen molar-refractivity contribution in [3.63, 3.8) is 0 Å². The van der Waals surface area contributed by atoms with Gasteiger partial charge in [0.25, 0.3) is 5.91 Å². The van der Waals surface area contributed by atoms with E-state index in [1.165, 1.54) is 35.9 Å². The summed E-state index contributed by atoms with van der Waals surface area (Å²) in [4.78, 5) is 23.8.